The lowest BCUT2D eigenvalue weighted by Crippen LogP contribution is -3.12. The summed E-state index contributed by atoms with van der Waals surface area (Å²) in [5, 5.41) is 7.35. The highest BCUT2D eigenvalue weighted by Crippen LogP contribution is 2.09. The minimum atomic E-state index is -0.115. The normalized spacial score (nSPS) is 14.8. The number of amides is 1. The first-order chi connectivity index (χ1) is 14.8. The standard InChI is InChI=1S/C24H26N4O2/c29-24(11-10-20-16-26-28(18-20)23-8-2-1-3-9-23)25-17-21-6-4-5-7-22(21)19-27-12-14-30-15-13-27/h1-11,16,18H,12-15,17,19H2,(H,25,29)/p+1/b11-10+. The van der Waals surface area contributed by atoms with Crippen LogP contribution in [0.25, 0.3) is 11.8 Å². The van der Waals surface area contributed by atoms with Gasteiger partial charge in [-0.1, -0.05) is 42.5 Å². The molecule has 1 aliphatic rings. The number of quaternary nitrogens is 1. The predicted molar refractivity (Wildman–Crippen MR) is 116 cm³/mol. The Kier molecular flexibility index (Phi) is 6.69. The molecular formula is C24H27N4O2+. The van der Waals surface area contributed by atoms with Crippen LogP contribution in [0.2, 0.25) is 0 Å². The van der Waals surface area contributed by atoms with Crippen LogP contribution in [0.4, 0.5) is 0 Å². The zero-order valence-electron chi connectivity index (χ0n) is 17.0. The van der Waals surface area contributed by atoms with Gasteiger partial charge in [-0.2, -0.15) is 5.10 Å². The molecule has 6 heteroatoms. The SMILES string of the molecule is O=C(/C=C/c1cnn(-c2ccccc2)c1)NCc1ccccc1C[NH+]1CCOCC1. The maximum absolute atomic E-state index is 12.3. The van der Waals surface area contributed by atoms with Crippen LogP contribution < -0.4 is 10.2 Å². The summed E-state index contributed by atoms with van der Waals surface area (Å²) in [5.74, 6) is -0.115. The van der Waals surface area contributed by atoms with E-state index < -0.39 is 0 Å². The largest absolute Gasteiger partial charge is 0.370 e. The Labute approximate surface area is 176 Å². The van der Waals surface area contributed by atoms with Crippen molar-refractivity contribution in [3.63, 3.8) is 0 Å². The van der Waals surface area contributed by atoms with Crippen LogP contribution in [-0.2, 0) is 22.6 Å². The number of hydrogen-bond acceptors (Lipinski definition) is 3. The van der Waals surface area contributed by atoms with Gasteiger partial charge < -0.3 is 15.0 Å². The zero-order valence-corrected chi connectivity index (χ0v) is 17.0. The first-order valence-corrected chi connectivity index (χ1v) is 10.3. The number of nitrogens with zero attached hydrogens (tertiary/aromatic N) is 2. The van der Waals surface area contributed by atoms with E-state index in [0.717, 1.165) is 49.7 Å². The molecule has 4 rings (SSSR count). The lowest BCUT2D eigenvalue weighted by molar-refractivity contribution is -0.921. The van der Waals surface area contributed by atoms with Gasteiger partial charge in [0.25, 0.3) is 0 Å². The van der Waals surface area contributed by atoms with E-state index in [2.05, 4.69) is 28.6 Å². The Bertz CT molecular complexity index is 991. The maximum atomic E-state index is 12.3. The minimum absolute atomic E-state index is 0.115. The van der Waals surface area contributed by atoms with Gasteiger partial charge in [-0.3, -0.25) is 4.79 Å². The van der Waals surface area contributed by atoms with Gasteiger partial charge in [0, 0.05) is 29.9 Å². The molecule has 0 aliphatic carbocycles. The highest BCUT2D eigenvalue weighted by atomic mass is 16.5. The molecule has 1 saturated heterocycles. The molecular weight excluding hydrogens is 376 g/mol. The van der Waals surface area contributed by atoms with Gasteiger partial charge in [0.15, 0.2) is 0 Å². The van der Waals surface area contributed by atoms with E-state index in [1.807, 2.05) is 42.6 Å². The zero-order chi connectivity index (χ0) is 20.6. The Morgan fingerprint density at radius 2 is 1.80 bits per heavy atom. The second-order valence-corrected chi connectivity index (χ2v) is 7.41. The molecule has 30 heavy (non-hydrogen) atoms. The summed E-state index contributed by atoms with van der Waals surface area (Å²) in [6.07, 6.45) is 6.99. The summed E-state index contributed by atoms with van der Waals surface area (Å²) in [4.78, 5) is 13.8. The van der Waals surface area contributed by atoms with Crippen molar-refractivity contribution >= 4 is 12.0 Å². The summed E-state index contributed by atoms with van der Waals surface area (Å²) in [6.45, 7) is 5.18. The topological polar surface area (TPSA) is 60.6 Å². The van der Waals surface area contributed by atoms with Crippen LogP contribution >= 0.6 is 0 Å². The van der Waals surface area contributed by atoms with Crippen molar-refractivity contribution in [1.82, 2.24) is 15.1 Å². The number of morpholine rings is 1. The van der Waals surface area contributed by atoms with Crippen LogP contribution in [0.3, 0.4) is 0 Å². The fraction of sp³-hybridized carbons (Fsp3) is 0.250. The van der Waals surface area contributed by atoms with Crippen molar-refractivity contribution in [2.45, 2.75) is 13.1 Å². The van der Waals surface area contributed by atoms with Gasteiger partial charge >= 0.3 is 0 Å². The molecule has 154 valence electrons. The van der Waals surface area contributed by atoms with Crippen LogP contribution in [0.15, 0.2) is 73.1 Å². The third kappa shape index (κ3) is 5.43. The molecule has 2 aromatic carbocycles. The smallest absolute Gasteiger partial charge is 0.244 e. The van der Waals surface area contributed by atoms with Gasteiger partial charge in [0.1, 0.15) is 19.6 Å². The lowest BCUT2D eigenvalue weighted by atomic mass is 10.1. The predicted octanol–water partition coefficient (Wildman–Crippen LogP) is 1.62. The van der Waals surface area contributed by atoms with Gasteiger partial charge in [-0.05, 0) is 23.8 Å². The van der Waals surface area contributed by atoms with E-state index in [-0.39, 0.29) is 5.91 Å². The second-order valence-electron chi connectivity index (χ2n) is 7.41. The quantitative estimate of drug-likeness (QED) is 0.590. The van der Waals surface area contributed by atoms with E-state index in [9.17, 15) is 4.79 Å². The Hall–Kier alpha value is -3.22. The first-order valence-electron chi connectivity index (χ1n) is 10.3. The number of nitrogens with one attached hydrogen (secondary N) is 2. The average molecular weight is 404 g/mol. The highest BCUT2D eigenvalue weighted by Gasteiger charge is 2.16. The molecule has 1 fully saturated rings. The molecule has 1 aliphatic heterocycles. The molecule has 0 radical (unpaired) electrons. The first kappa shape index (κ1) is 20.1. The fourth-order valence-corrected chi connectivity index (χ4v) is 3.57. The summed E-state index contributed by atoms with van der Waals surface area (Å²) in [7, 11) is 0. The van der Waals surface area contributed by atoms with Gasteiger partial charge in [0.05, 0.1) is 25.1 Å². The molecule has 0 spiro atoms. The van der Waals surface area contributed by atoms with E-state index in [1.54, 1.807) is 23.0 Å². The van der Waals surface area contributed by atoms with Crippen LogP contribution in [0.1, 0.15) is 16.7 Å². The molecule has 2 heterocycles. The molecule has 0 bridgehead atoms. The van der Waals surface area contributed by atoms with E-state index in [0.29, 0.717) is 6.54 Å². The molecule has 0 saturated carbocycles. The summed E-state index contributed by atoms with van der Waals surface area (Å²) in [6, 6.07) is 18.2. The Balaban J connectivity index is 1.32. The molecule has 0 unspecified atom stereocenters. The molecule has 3 aromatic rings. The average Bonchev–Trinajstić information content (AvgIpc) is 3.28. The summed E-state index contributed by atoms with van der Waals surface area (Å²) in [5.41, 5.74) is 4.31. The van der Waals surface area contributed by atoms with Crippen LogP contribution in [-0.4, -0.2) is 42.0 Å². The van der Waals surface area contributed by atoms with Crippen molar-refractivity contribution in [2.75, 3.05) is 26.3 Å². The van der Waals surface area contributed by atoms with Crippen LogP contribution in [0.5, 0.6) is 0 Å². The van der Waals surface area contributed by atoms with Gasteiger partial charge in [-0.25, -0.2) is 4.68 Å². The number of carbonyl (C=O) groups is 1. The molecule has 6 nitrogen and oxygen atoms in total. The van der Waals surface area contributed by atoms with Crippen molar-refractivity contribution in [1.29, 1.82) is 0 Å². The van der Waals surface area contributed by atoms with Crippen molar-refractivity contribution in [3.8, 4) is 5.69 Å². The summed E-state index contributed by atoms with van der Waals surface area (Å²) >= 11 is 0. The molecule has 2 N–H and O–H groups in total. The Morgan fingerprint density at radius 1 is 1.07 bits per heavy atom. The molecule has 1 amide bonds. The fourth-order valence-electron chi connectivity index (χ4n) is 3.57. The van der Waals surface area contributed by atoms with Crippen molar-refractivity contribution in [3.05, 3.63) is 89.8 Å². The number of ether oxygens (including phenoxy) is 1. The third-order valence-corrected chi connectivity index (χ3v) is 5.26. The molecule has 1 aromatic heterocycles. The van der Waals surface area contributed by atoms with E-state index >= 15 is 0 Å². The Morgan fingerprint density at radius 3 is 2.60 bits per heavy atom. The number of para-hydroxylation sites is 1. The lowest BCUT2D eigenvalue weighted by Gasteiger charge is -2.24. The van der Waals surface area contributed by atoms with Gasteiger partial charge in [-0.15, -0.1) is 0 Å². The number of carbonyl (C=O) groups excluding carboxylic acids is 1. The number of hydrogen-bond donors (Lipinski definition) is 2. The van der Waals surface area contributed by atoms with Crippen molar-refractivity contribution in [2.24, 2.45) is 0 Å². The number of benzene rings is 2. The van der Waals surface area contributed by atoms with Crippen LogP contribution in [0, 0.1) is 0 Å². The van der Waals surface area contributed by atoms with E-state index in [1.165, 1.54) is 10.5 Å². The third-order valence-electron chi connectivity index (χ3n) is 5.26. The second kappa shape index (κ2) is 10.0. The maximum Gasteiger partial charge on any atom is 0.244 e. The van der Waals surface area contributed by atoms with Crippen molar-refractivity contribution < 1.29 is 14.4 Å². The highest BCUT2D eigenvalue weighted by molar-refractivity contribution is 5.91. The number of rotatable bonds is 7. The molecule has 0 atom stereocenters. The monoisotopic (exact) mass is 403 g/mol. The minimum Gasteiger partial charge on any atom is -0.370 e. The van der Waals surface area contributed by atoms with E-state index in [4.69, 9.17) is 4.74 Å². The van der Waals surface area contributed by atoms with Gasteiger partial charge in [0.2, 0.25) is 5.91 Å². The summed E-state index contributed by atoms with van der Waals surface area (Å²) < 4.78 is 7.24. The number of aromatic nitrogens is 2.